The first-order chi connectivity index (χ1) is 17.1. The van der Waals surface area contributed by atoms with E-state index >= 15 is 0 Å². The third-order valence-electron chi connectivity index (χ3n) is 6.53. The summed E-state index contributed by atoms with van der Waals surface area (Å²) < 4.78 is 2.08. The van der Waals surface area contributed by atoms with Crippen molar-refractivity contribution < 1.29 is 9.59 Å². The molecule has 4 aromatic rings. The molecule has 5 rings (SSSR count). The highest BCUT2D eigenvalue weighted by atomic mass is 16.2. The molecule has 2 heterocycles. The number of rotatable bonds is 7. The van der Waals surface area contributed by atoms with E-state index in [9.17, 15) is 9.59 Å². The summed E-state index contributed by atoms with van der Waals surface area (Å²) in [6.07, 6.45) is 8.48. The van der Waals surface area contributed by atoms with Gasteiger partial charge in [-0.25, -0.2) is 14.8 Å². The largest absolute Gasteiger partial charge is 0.383 e. The number of aromatic nitrogens is 3. The van der Waals surface area contributed by atoms with E-state index in [1.165, 1.54) is 6.33 Å². The summed E-state index contributed by atoms with van der Waals surface area (Å²) in [5, 5.41) is 6.26. The van der Waals surface area contributed by atoms with Crippen LogP contribution in [0.15, 0.2) is 67.1 Å². The van der Waals surface area contributed by atoms with Crippen LogP contribution < -0.4 is 16.4 Å². The molecule has 0 saturated heterocycles. The standard InChI is InChI=1S/C27H28N6O2/c28-25-23-22(16-33(21-11-4-5-12-21)26(23)31-17-30-25)24(34)19-9-6-10-20(15-19)32-27(35)29-14-13-18-7-2-1-3-8-18/h1-3,6-10,15-17,21H,4-5,11-14H2,(H2,28,30,31)(H2,29,32,35). The highest BCUT2D eigenvalue weighted by Gasteiger charge is 2.25. The molecule has 4 N–H and O–H groups in total. The molecule has 2 aromatic carbocycles. The minimum atomic E-state index is -0.319. The number of nitrogens with one attached hydrogen (secondary N) is 2. The van der Waals surface area contributed by atoms with Crippen molar-refractivity contribution in [3.63, 3.8) is 0 Å². The second-order valence-corrected chi connectivity index (χ2v) is 8.87. The number of hydrogen-bond acceptors (Lipinski definition) is 5. The van der Waals surface area contributed by atoms with E-state index in [1.54, 1.807) is 24.3 Å². The Kier molecular flexibility index (Phi) is 6.43. The van der Waals surface area contributed by atoms with Gasteiger partial charge in [-0.3, -0.25) is 4.79 Å². The zero-order valence-electron chi connectivity index (χ0n) is 19.4. The van der Waals surface area contributed by atoms with Crippen LogP contribution in [0.2, 0.25) is 0 Å². The molecule has 2 amide bonds. The van der Waals surface area contributed by atoms with Crippen LogP contribution in [-0.4, -0.2) is 32.9 Å². The molecular formula is C27H28N6O2. The number of nitrogens with two attached hydrogens (primary N) is 1. The van der Waals surface area contributed by atoms with Crippen LogP contribution in [0.4, 0.5) is 16.3 Å². The molecule has 1 saturated carbocycles. The monoisotopic (exact) mass is 468 g/mol. The van der Waals surface area contributed by atoms with Crippen LogP contribution >= 0.6 is 0 Å². The van der Waals surface area contributed by atoms with E-state index < -0.39 is 0 Å². The van der Waals surface area contributed by atoms with Crippen molar-refractivity contribution in [2.75, 3.05) is 17.6 Å². The molecule has 178 valence electrons. The molecule has 35 heavy (non-hydrogen) atoms. The fourth-order valence-corrected chi connectivity index (χ4v) is 4.78. The van der Waals surface area contributed by atoms with E-state index in [2.05, 4.69) is 25.2 Å². The van der Waals surface area contributed by atoms with Gasteiger partial charge in [0.15, 0.2) is 5.78 Å². The van der Waals surface area contributed by atoms with Crippen molar-refractivity contribution in [2.45, 2.75) is 38.1 Å². The molecule has 1 aliphatic rings. The van der Waals surface area contributed by atoms with Gasteiger partial charge in [0.25, 0.3) is 0 Å². The molecule has 0 bridgehead atoms. The van der Waals surface area contributed by atoms with E-state index in [0.29, 0.717) is 46.3 Å². The van der Waals surface area contributed by atoms with Crippen LogP contribution in [-0.2, 0) is 6.42 Å². The number of carbonyl (C=O) groups excluding carboxylic acids is 2. The highest BCUT2D eigenvalue weighted by molar-refractivity contribution is 6.18. The SMILES string of the molecule is Nc1ncnc2c1c(C(=O)c1cccc(NC(=O)NCCc3ccccc3)c1)cn2C1CCCC1. The Morgan fingerprint density at radius 1 is 1.03 bits per heavy atom. The number of anilines is 2. The summed E-state index contributed by atoms with van der Waals surface area (Å²) in [6, 6.07) is 16.9. The van der Waals surface area contributed by atoms with Crippen molar-refractivity contribution in [2.24, 2.45) is 0 Å². The highest BCUT2D eigenvalue weighted by Crippen LogP contribution is 2.35. The van der Waals surface area contributed by atoms with Gasteiger partial charge in [-0.2, -0.15) is 0 Å². The zero-order valence-corrected chi connectivity index (χ0v) is 19.4. The maximum absolute atomic E-state index is 13.6. The van der Waals surface area contributed by atoms with Crippen molar-refractivity contribution in [3.8, 4) is 0 Å². The zero-order chi connectivity index (χ0) is 24.2. The molecule has 2 aromatic heterocycles. The van der Waals surface area contributed by atoms with Crippen molar-refractivity contribution in [1.82, 2.24) is 19.9 Å². The maximum atomic E-state index is 13.6. The van der Waals surface area contributed by atoms with Crippen LogP contribution in [0.1, 0.15) is 53.2 Å². The normalized spacial score (nSPS) is 13.7. The summed E-state index contributed by atoms with van der Waals surface area (Å²) in [7, 11) is 0. The molecule has 0 unspecified atom stereocenters. The maximum Gasteiger partial charge on any atom is 0.319 e. The summed E-state index contributed by atoms with van der Waals surface area (Å²) in [5.74, 6) is 0.114. The summed E-state index contributed by atoms with van der Waals surface area (Å²) in [6.45, 7) is 0.508. The Morgan fingerprint density at radius 2 is 1.83 bits per heavy atom. The van der Waals surface area contributed by atoms with Crippen LogP contribution in [0.25, 0.3) is 11.0 Å². The number of nitrogens with zero attached hydrogens (tertiary/aromatic N) is 3. The first-order valence-corrected chi connectivity index (χ1v) is 11.9. The Bertz CT molecular complexity index is 1360. The van der Waals surface area contributed by atoms with Gasteiger partial charge in [0.1, 0.15) is 17.8 Å². The number of ketones is 1. The first kappa shape index (κ1) is 22.6. The van der Waals surface area contributed by atoms with Gasteiger partial charge in [-0.05, 0) is 37.0 Å². The summed E-state index contributed by atoms with van der Waals surface area (Å²) in [4.78, 5) is 34.5. The van der Waals surface area contributed by atoms with Gasteiger partial charge in [-0.1, -0.05) is 55.3 Å². The van der Waals surface area contributed by atoms with Crippen molar-refractivity contribution >= 4 is 34.4 Å². The fraction of sp³-hybridized carbons (Fsp3) is 0.259. The molecule has 1 aliphatic carbocycles. The second kappa shape index (κ2) is 9.97. The second-order valence-electron chi connectivity index (χ2n) is 8.87. The van der Waals surface area contributed by atoms with Gasteiger partial charge in [-0.15, -0.1) is 0 Å². The number of nitrogen functional groups attached to an aromatic ring is 1. The molecule has 0 radical (unpaired) electrons. The first-order valence-electron chi connectivity index (χ1n) is 11.9. The lowest BCUT2D eigenvalue weighted by molar-refractivity contribution is 0.104. The molecule has 1 fully saturated rings. The number of amides is 2. The smallest absolute Gasteiger partial charge is 0.319 e. The minimum absolute atomic E-state index is 0.179. The van der Waals surface area contributed by atoms with Gasteiger partial charge in [0, 0.05) is 30.0 Å². The Morgan fingerprint density at radius 3 is 2.63 bits per heavy atom. The third kappa shape index (κ3) is 4.87. The molecule has 0 atom stereocenters. The minimum Gasteiger partial charge on any atom is -0.383 e. The van der Waals surface area contributed by atoms with E-state index in [1.807, 2.05) is 36.5 Å². The predicted octanol–water partition coefficient (Wildman–Crippen LogP) is 4.72. The Hall–Kier alpha value is -4.20. The summed E-state index contributed by atoms with van der Waals surface area (Å²) in [5.41, 5.74) is 9.51. The third-order valence-corrected chi connectivity index (χ3v) is 6.53. The van der Waals surface area contributed by atoms with E-state index in [0.717, 1.165) is 37.7 Å². The molecular weight excluding hydrogens is 440 g/mol. The fourth-order valence-electron chi connectivity index (χ4n) is 4.78. The van der Waals surface area contributed by atoms with Gasteiger partial charge in [0.05, 0.1) is 10.9 Å². The average Bonchev–Trinajstić information content (AvgIpc) is 3.53. The van der Waals surface area contributed by atoms with Crippen molar-refractivity contribution in [1.29, 1.82) is 0 Å². The van der Waals surface area contributed by atoms with E-state index in [4.69, 9.17) is 5.73 Å². The lowest BCUT2D eigenvalue weighted by Crippen LogP contribution is -2.30. The number of carbonyl (C=O) groups is 2. The van der Waals surface area contributed by atoms with Crippen LogP contribution in [0.3, 0.4) is 0 Å². The quantitative estimate of drug-likeness (QED) is 0.339. The van der Waals surface area contributed by atoms with Crippen LogP contribution in [0.5, 0.6) is 0 Å². The van der Waals surface area contributed by atoms with Crippen LogP contribution in [0, 0.1) is 0 Å². The topological polar surface area (TPSA) is 115 Å². The molecule has 8 heteroatoms. The number of urea groups is 1. The van der Waals surface area contributed by atoms with Crippen molar-refractivity contribution in [3.05, 3.63) is 83.8 Å². The lowest BCUT2D eigenvalue weighted by Gasteiger charge is -2.12. The molecule has 8 nitrogen and oxygen atoms in total. The Balaban J connectivity index is 1.33. The average molecular weight is 469 g/mol. The predicted molar refractivity (Wildman–Crippen MR) is 136 cm³/mol. The Labute approximate surface area is 203 Å². The molecule has 0 spiro atoms. The van der Waals surface area contributed by atoms with Gasteiger partial charge >= 0.3 is 6.03 Å². The number of fused-ring (bicyclic) bond motifs is 1. The molecule has 0 aliphatic heterocycles. The van der Waals surface area contributed by atoms with E-state index in [-0.39, 0.29) is 11.8 Å². The summed E-state index contributed by atoms with van der Waals surface area (Å²) >= 11 is 0. The number of hydrogen-bond donors (Lipinski definition) is 3. The van der Waals surface area contributed by atoms with Gasteiger partial charge in [0.2, 0.25) is 0 Å². The number of benzene rings is 2. The lowest BCUT2D eigenvalue weighted by atomic mass is 10.0. The van der Waals surface area contributed by atoms with Gasteiger partial charge < -0.3 is 20.9 Å².